The van der Waals surface area contributed by atoms with E-state index in [-0.39, 0.29) is 5.56 Å². The Labute approximate surface area is 152 Å². The lowest BCUT2D eigenvalue weighted by Gasteiger charge is -2.11. The number of ether oxygens (including phenoxy) is 2. The summed E-state index contributed by atoms with van der Waals surface area (Å²) in [4.78, 5) is 16.6. The predicted molar refractivity (Wildman–Crippen MR) is 95.6 cm³/mol. The van der Waals surface area contributed by atoms with Gasteiger partial charge >= 0.3 is 0 Å². The molecule has 0 aliphatic carbocycles. The van der Waals surface area contributed by atoms with E-state index in [1.165, 1.54) is 25.6 Å². The molecule has 3 rings (SSSR count). The molecule has 9 heteroatoms. The summed E-state index contributed by atoms with van der Waals surface area (Å²) in [5.41, 5.74) is 1.05. The molecule has 0 saturated carbocycles. The van der Waals surface area contributed by atoms with Gasteiger partial charge in [-0.05, 0) is 24.3 Å². The smallest absolute Gasteiger partial charge is 0.265 e. The number of nitrogens with zero attached hydrogens (tertiary/aromatic N) is 3. The number of rotatable bonds is 5. The summed E-state index contributed by atoms with van der Waals surface area (Å²) in [6.07, 6.45) is 1.59. The zero-order valence-electron chi connectivity index (χ0n) is 13.3. The molecule has 2 aromatic heterocycles. The van der Waals surface area contributed by atoms with E-state index < -0.39 is 5.91 Å². The summed E-state index contributed by atoms with van der Waals surface area (Å²) in [5.74, 6) is 0.415. The van der Waals surface area contributed by atoms with Gasteiger partial charge in [0.25, 0.3) is 5.91 Å². The van der Waals surface area contributed by atoms with Crippen molar-refractivity contribution in [3.8, 4) is 22.1 Å². The van der Waals surface area contributed by atoms with E-state index in [0.717, 1.165) is 5.56 Å². The average molecular weight is 377 g/mol. The zero-order chi connectivity index (χ0) is 17.8. The second-order valence-corrected chi connectivity index (χ2v) is 6.14. The van der Waals surface area contributed by atoms with Gasteiger partial charge in [0.1, 0.15) is 22.2 Å². The Balaban J connectivity index is 1.84. The monoisotopic (exact) mass is 376 g/mol. The van der Waals surface area contributed by atoms with Crippen LogP contribution in [0.3, 0.4) is 0 Å². The van der Waals surface area contributed by atoms with Crippen molar-refractivity contribution in [1.29, 1.82) is 0 Å². The van der Waals surface area contributed by atoms with Crippen LogP contribution in [-0.2, 0) is 0 Å². The van der Waals surface area contributed by atoms with E-state index in [2.05, 4.69) is 20.5 Å². The van der Waals surface area contributed by atoms with Gasteiger partial charge in [-0.3, -0.25) is 10.1 Å². The molecule has 128 valence electrons. The van der Waals surface area contributed by atoms with Crippen LogP contribution in [0.1, 0.15) is 10.4 Å². The maximum Gasteiger partial charge on any atom is 0.265 e. The highest BCUT2D eigenvalue weighted by Crippen LogP contribution is 2.31. The molecular weight excluding hydrogens is 364 g/mol. The number of methoxy groups -OCH3 is 2. The van der Waals surface area contributed by atoms with E-state index in [9.17, 15) is 4.79 Å². The number of aromatic nitrogens is 3. The van der Waals surface area contributed by atoms with Gasteiger partial charge in [0.05, 0.1) is 14.2 Å². The van der Waals surface area contributed by atoms with Crippen LogP contribution in [0.5, 0.6) is 11.5 Å². The second kappa shape index (κ2) is 7.45. The minimum absolute atomic E-state index is 0.289. The van der Waals surface area contributed by atoms with Crippen LogP contribution in [-0.4, -0.2) is 35.3 Å². The highest BCUT2D eigenvalue weighted by molar-refractivity contribution is 7.18. The molecule has 2 heterocycles. The van der Waals surface area contributed by atoms with Gasteiger partial charge in [-0.25, -0.2) is 4.98 Å². The molecule has 3 aromatic rings. The molecule has 0 atom stereocenters. The number of hydrogen-bond donors (Lipinski definition) is 1. The van der Waals surface area contributed by atoms with Crippen LogP contribution in [0.15, 0.2) is 36.5 Å². The van der Waals surface area contributed by atoms with Crippen molar-refractivity contribution in [3.63, 3.8) is 0 Å². The third-order valence-electron chi connectivity index (χ3n) is 3.27. The largest absolute Gasteiger partial charge is 0.496 e. The number of nitrogens with one attached hydrogen (secondary N) is 1. The van der Waals surface area contributed by atoms with Crippen molar-refractivity contribution >= 4 is 34.0 Å². The van der Waals surface area contributed by atoms with Gasteiger partial charge in [0.15, 0.2) is 5.01 Å². The predicted octanol–water partition coefficient (Wildman–Crippen LogP) is 3.52. The first-order valence-electron chi connectivity index (χ1n) is 7.10. The summed E-state index contributed by atoms with van der Waals surface area (Å²) in [7, 11) is 2.98. The molecule has 0 aliphatic heterocycles. The van der Waals surface area contributed by atoms with Gasteiger partial charge in [0.2, 0.25) is 5.13 Å². The molecule has 0 fully saturated rings. The molecule has 0 unspecified atom stereocenters. The molecule has 1 N–H and O–H groups in total. The highest BCUT2D eigenvalue weighted by Gasteiger charge is 2.20. The van der Waals surface area contributed by atoms with Crippen LogP contribution in [0, 0.1) is 0 Å². The first-order valence-corrected chi connectivity index (χ1v) is 8.29. The van der Waals surface area contributed by atoms with Crippen LogP contribution < -0.4 is 14.8 Å². The quantitative estimate of drug-likeness (QED) is 0.685. The number of carbonyl (C=O) groups is 1. The maximum absolute atomic E-state index is 12.6. The fraction of sp³-hybridized carbons (Fsp3) is 0.125. The highest BCUT2D eigenvalue weighted by atomic mass is 35.5. The molecule has 7 nitrogen and oxygen atoms in total. The standard InChI is InChI=1S/C16H13ClN4O3S/c1-23-10-4-3-5-11(24-2)13(10)14(22)19-16-21-20-15(25-16)9-6-7-12(17)18-8-9/h3-8H,1-2H3,(H,19,21,22). The SMILES string of the molecule is COc1cccc(OC)c1C(=O)Nc1nnc(-c2ccc(Cl)nc2)s1. The zero-order valence-corrected chi connectivity index (χ0v) is 14.9. The van der Waals surface area contributed by atoms with E-state index >= 15 is 0 Å². The third-order valence-corrected chi connectivity index (χ3v) is 4.39. The fourth-order valence-corrected chi connectivity index (χ4v) is 2.97. The third kappa shape index (κ3) is 3.70. The molecule has 1 aromatic carbocycles. The molecule has 0 spiro atoms. The fourth-order valence-electron chi connectivity index (χ4n) is 2.13. The Bertz CT molecular complexity index is 876. The van der Waals surface area contributed by atoms with E-state index in [0.29, 0.717) is 26.8 Å². The van der Waals surface area contributed by atoms with Crippen molar-refractivity contribution in [2.45, 2.75) is 0 Å². The molecule has 0 saturated heterocycles. The number of anilines is 1. The topological polar surface area (TPSA) is 86.2 Å². The number of halogens is 1. The van der Waals surface area contributed by atoms with E-state index in [4.69, 9.17) is 21.1 Å². The van der Waals surface area contributed by atoms with Gasteiger partial charge in [-0.15, -0.1) is 10.2 Å². The molecule has 25 heavy (non-hydrogen) atoms. The Morgan fingerprint density at radius 2 is 1.84 bits per heavy atom. The molecule has 0 bridgehead atoms. The van der Waals surface area contributed by atoms with Crippen molar-refractivity contribution in [3.05, 3.63) is 47.2 Å². The molecular formula is C16H13ClN4O3S. The minimum Gasteiger partial charge on any atom is -0.496 e. The Hall–Kier alpha value is -2.71. The molecule has 0 radical (unpaired) electrons. The van der Waals surface area contributed by atoms with E-state index in [1.807, 2.05) is 0 Å². The van der Waals surface area contributed by atoms with Crippen molar-refractivity contribution in [1.82, 2.24) is 15.2 Å². The summed E-state index contributed by atoms with van der Waals surface area (Å²) < 4.78 is 10.5. The van der Waals surface area contributed by atoms with Gasteiger partial charge in [-0.2, -0.15) is 0 Å². The van der Waals surface area contributed by atoms with Crippen LogP contribution >= 0.6 is 22.9 Å². The van der Waals surface area contributed by atoms with Crippen molar-refractivity contribution < 1.29 is 14.3 Å². The number of benzene rings is 1. The van der Waals surface area contributed by atoms with Gasteiger partial charge < -0.3 is 9.47 Å². The summed E-state index contributed by atoms with van der Waals surface area (Å²) in [5, 5.41) is 12.1. The Morgan fingerprint density at radius 1 is 1.12 bits per heavy atom. The lowest BCUT2D eigenvalue weighted by molar-refractivity contribution is 0.102. The Morgan fingerprint density at radius 3 is 2.44 bits per heavy atom. The maximum atomic E-state index is 12.6. The van der Waals surface area contributed by atoms with E-state index in [1.54, 1.807) is 36.5 Å². The number of amides is 1. The normalized spacial score (nSPS) is 10.4. The molecule has 0 aliphatic rings. The van der Waals surface area contributed by atoms with Crippen molar-refractivity contribution in [2.24, 2.45) is 0 Å². The van der Waals surface area contributed by atoms with Crippen LogP contribution in [0.4, 0.5) is 5.13 Å². The van der Waals surface area contributed by atoms with Crippen LogP contribution in [0.25, 0.3) is 10.6 Å². The summed E-state index contributed by atoms with van der Waals surface area (Å²) in [6.45, 7) is 0. The van der Waals surface area contributed by atoms with Gasteiger partial charge in [-0.1, -0.05) is 29.0 Å². The summed E-state index contributed by atoms with van der Waals surface area (Å²) in [6, 6.07) is 8.55. The lowest BCUT2D eigenvalue weighted by atomic mass is 10.1. The minimum atomic E-state index is -0.397. The van der Waals surface area contributed by atoms with Gasteiger partial charge in [0, 0.05) is 11.8 Å². The second-order valence-electron chi connectivity index (χ2n) is 4.77. The lowest BCUT2D eigenvalue weighted by Crippen LogP contribution is -2.14. The first-order chi connectivity index (χ1) is 12.1. The number of pyridine rings is 1. The molecule has 1 amide bonds. The van der Waals surface area contributed by atoms with Crippen molar-refractivity contribution in [2.75, 3.05) is 19.5 Å². The first kappa shape index (κ1) is 17.1. The number of carbonyl (C=O) groups excluding carboxylic acids is 1. The summed E-state index contributed by atoms with van der Waals surface area (Å²) >= 11 is 7.00. The van der Waals surface area contributed by atoms with Crippen LogP contribution in [0.2, 0.25) is 5.15 Å². The average Bonchev–Trinajstić information content (AvgIpc) is 3.09. The number of hydrogen-bond acceptors (Lipinski definition) is 7. The Kier molecular flexibility index (Phi) is 5.11.